The maximum absolute atomic E-state index is 12.8. The van der Waals surface area contributed by atoms with Crippen LogP contribution in [0.2, 0.25) is 10.0 Å². The van der Waals surface area contributed by atoms with Gasteiger partial charge in [-0.05, 0) is 121 Å². The summed E-state index contributed by atoms with van der Waals surface area (Å²) in [6, 6.07) is 29.8. The summed E-state index contributed by atoms with van der Waals surface area (Å²) in [5, 5.41) is 15.1. The lowest BCUT2D eigenvalue weighted by molar-refractivity contribution is 0.0696. The fourth-order valence-electron chi connectivity index (χ4n) is 7.43. The minimum atomic E-state index is -0.951. The number of anilines is 2. The minimum Gasteiger partial charge on any atom is -0.478 e. The Hall–Kier alpha value is -6.77. The van der Waals surface area contributed by atoms with Gasteiger partial charge in [-0.2, -0.15) is 0 Å². The number of halogens is 3. The fourth-order valence-corrected chi connectivity index (χ4v) is 7.76. The lowest BCUT2D eigenvalue weighted by Crippen LogP contribution is -2.24. The zero-order valence-corrected chi connectivity index (χ0v) is 38.0. The van der Waals surface area contributed by atoms with Gasteiger partial charge in [0.15, 0.2) is 0 Å². The molecule has 0 unspecified atom stereocenters. The normalized spacial score (nSPS) is 12.8. The summed E-state index contributed by atoms with van der Waals surface area (Å²) >= 11 is 12.0. The molecule has 0 aliphatic heterocycles. The highest BCUT2D eigenvalue weighted by molar-refractivity contribution is 6.31. The number of benzene rings is 2. The Morgan fingerprint density at radius 2 is 1.11 bits per heavy atom. The number of carboxylic acid groups (broad SMARTS) is 1. The number of rotatable bonds is 11. The van der Waals surface area contributed by atoms with Crippen LogP contribution < -0.4 is 22.5 Å². The van der Waals surface area contributed by atoms with Crippen molar-refractivity contribution in [1.29, 1.82) is 0 Å². The van der Waals surface area contributed by atoms with Crippen molar-refractivity contribution in [3.05, 3.63) is 188 Å². The van der Waals surface area contributed by atoms with E-state index in [4.69, 9.17) is 45.5 Å². The molecular weight excluding hydrogens is 895 g/mol. The van der Waals surface area contributed by atoms with Gasteiger partial charge in [-0.25, -0.2) is 14.8 Å². The molecule has 2 fully saturated rings. The second kappa shape index (κ2) is 21.5. The first kappa shape index (κ1) is 47.2. The molecule has 8 N–H and O–H groups in total. The molecular formula is C50H47Cl3N10O3. The Morgan fingerprint density at radius 3 is 1.61 bits per heavy atom. The van der Waals surface area contributed by atoms with Gasteiger partial charge in [0.05, 0.1) is 38.0 Å². The number of aromatic carboxylic acids is 1. The maximum Gasteiger partial charge on any atom is 0.335 e. The van der Waals surface area contributed by atoms with Crippen molar-refractivity contribution < 1.29 is 14.7 Å². The van der Waals surface area contributed by atoms with Crippen molar-refractivity contribution in [2.75, 3.05) is 11.5 Å². The fraction of sp³-hybridized carbons (Fsp3) is 0.200. The molecule has 2 saturated carbocycles. The molecule has 6 heterocycles. The van der Waals surface area contributed by atoms with Gasteiger partial charge in [0.25, 0.3) is 5.91 Å². The molecule has 66 heavy (non-hydrogen) atoms. The Morgan fingerprint density at radius 1 is 0.621 bits per heavy atom. The summed E-state index contributed by atoms with van der Waals surface area (Å²) in [6.45, 7) is 0.993. The number of carbonyl (C=O) groups is 2. The van der Waals surface area contributed by atoms with Gasteiger partial charge in [-0.15, -0.1) is 12.4 Å². The van der Waals surface area contributed by atoms with E-state index in [1.807, 2.05) is 66.7 Å². The topological polar surface area (TPSA) is 222 Å². The number of nitrogen functional groups attached to an aromatic ring is 2. The van der Waals surface area contributed by atoms with Gasteiger partial charge in [0.2, 0.25) is 0 Å². The largest absolute Gasteiger partial charge is 0.478 e. The van der Waals surface area contributed by atoms with Gasteiger partial charge < -0.3 is 27.6 Å². The number of nitrogens with one attached hydrogen (secondary N) is 1. The van der Waals surface area contributed by atoms with Crippen LogP contribution in [0.4, 0.5) is 11.6 Å². The van der Waals surface area contributed by atoms with Gasteiger partial charge in [-0.3, -0.25) is 24.7 Å². The summed E-state index contributed by atoms with van der Waals surface area (Å²) in [4.78, 5) is 49.8. The van der Waals surface area contributed by atoms with E-state index in [9.17, 15) is 9.59 Å². The van der Waals surface area contributed by atoms with Crippen LogP contribution in [0.15, 0.2) is 122 Å². The van der Waals surface area contributed by atoms with E-state index in [-0.39, 0.29) is 23.9 Å². The highest BCUT2D eigenvalue weighted by atomic mass is 35.5. The van der Waals surface area contributed by atoms with Gasteiger partial charge in [0, 0.05) is 90.3 Å². The first-order valence-electron chi connectivity index (χ1n) is 21.2. The zero-order valence-electron chi connectivity index (χ0n) is 35.7. The number of carbonyl (C=O) groups excluding carboxylic acids is 1. The van der Waals surface area contributed by atoms with Crippen molar-refractivity contribution in [2.24, 2.45) is 5.73 Å². The molecule has 2 aliphatic rings. The summed E-state index contributed by atoms with van der Waals surface area (Å²) in [5.41, 5.74) is 27.5. The van der Waals surface area contributed by atoms with Crippen LogP contribution in [0.1, 0.15) is 103 Å². The highest BCUT2D eigenvalue weighted by Gasteiger charge is 2.28. The molecule has 0 saturated heterocycles. The molecule has 0 atom stereocenters. The van der Waals surface area contributed by atoms with Crippen LogP contribution in [0.5, 0.6) is 0 Å². The van der Waals surface area contributed by atoms with Crippen LogP contribution >= 0.6 is 35.6 Å². The number of amides is 1. The summed E-state index contributed by atoms with van der Waals surface area (Å²) in [5.74, 6) is 1.13. The molecule has 8 aromatic rings. The molecule has 13 nitrogen and oxygen atoms in total. The molecule has 10 rings (SSSR count). The van der Waals surface area contributed by atoms with Crippen molar-refractivity contribution in [3.63, 3.8) is 0 Å². The Labute approximate surface area is 397 Å². The highest BCUT2D eigenvalue weighted by Crippen LogP contribution is 2.41. The van der Waals surface area contributed by atoms with Crippen molar-refractivity contribution in [2.45, 2.75) is 63.5 Å². The number of pyridine rings is 6. The van der Waals surface area contributed by atoms with Gasteiger partial charge in [0.1, 0.15) is 11.6 Å². The second-order valence-electron chi connectivity index (χ2n) is 16.1. The third kappa shape index (κ3) is 12.5. The number of nitrogens with zero attached hydrogens (tertiary/aromatic N) is 6. The van der Waals surface area contributed by atoms with E-state index in [0.29, 0.717) is 70.7 Å². The summed E-state index contributed by atoms with van der Waals surface area (Å²) in [7, 11) is 0. The first-order chi connectivity index (χ1) is 31.5. The SMILES string of the molecule is Cl.NCc1ccc(N)nc1C1CC1.Nc1ccc(CNC(=O)c2ccnc(Cc3ccc4ncc(Cl)cc4c3)c2)c(C2CC2)n1.O=C(O)c1ccnc(Cc2ccc3ncc(Cl)cc3c2)c1. The number of hydrogen-bond acceptors (Lipinski definition) is 11. The second-order valence-corrected chi connectivity index (χ2v) is 17.0. The van der Waals surface area contributed by atoms with Crippen LogP contribution in [-0.2, 0) is 25.9 Å². The predicted molar refractivity (Wildman–Crippen MR) is 262 cm³/mol. The summed E-state index contributed by atoms with van der Waals surface area (Å²) < 4.78 is 0. The number of nitrogens with two attached hydrogens (primary N) is 3. The monoisotopic (exact) mass is 940 g/mol. The van der Waals surface area contributed by atoms with Crippen LogP contribution in [0.25, 0.3) is 21.8 Å². The number of fused-ring (bicyclic) bond motifs is 2. The molecule has 2 aromatic carbocycles. The Balaban J connectivity index is 0.000000163. The third-order valence-electron chi connectivity index (χ3n) is 11.0. The smallest absolute Gasteiger partial charge is 0.335 e. The van der Waals surface area contributed by atoms with E-state index in [2.05, 4.69) is 41.3 Å². The molecule has 0 radical (unpaired) electrons. The molecule has 0 spiro atoms. The number of aromatic nitrogens is 6. The average Bonchev–Trinajstić information content (AvgIpc) is 4.24. The minimum absolute atomic E-state index is 0. The lowest BCUT2D eigenvalue weighted by Gasteiger charge is -2.11. The predicted octanol–water partition coefficient (Wildman–Crippen LogP) is 9.65. The van der Waals surface area contributed by atoms with Crippen LogP contribution in [0, 0.1) is 0 Å². The standard InChI is InChI=1S/C25H22ClN5O.C16H11ClN2O2.C9H13N3.ClH/c26-20-11-19-9-15(1-5-22(19)29-14-20)10-21-12-17(7-8-28-21)25(32)30-13-18-4-6-23(27)31-24(18)16-2-3-16;17-13-7-12-5-10(1-2-15(12)19-9-13)6-14-8-11(16(20)21)3-4-18-14;10-5-7-3-4-8(11)12-9(7)6-1-2-6;/h1,4-9,11-12,14,16H,2-3,10,13H2,(H2,27,31)(H,30,32);1-5,7-9H,6H2,(H,20,21);3-4,6H,1-2,5,10H2,(H2,11,12);1H. The Bertz CT molecular complexity index is 3040. The summed E-state index contributed by atoms with van der Waals surface area (Å²) in [6.07, 6.45) is 12.3. The van der Waals surface area contributed by atoms with E-state index < -0.39 is 5.97 Å². The lowest BCUT2D eigenvalue weighted by atomic mass is 10.0. The van der Waals surface area contributed by atoms with E-state index in [1.54, 1.807) is 36.8 Å². The van der Waals surface area contributed by atoms with E-state index >= 15 is 0 Å². The first-order valence-corrected chi connectivity index (χ1v) is 21.9. The Kier molecular flexibility index (Phi) is 15.4. The number of carboxylic acids is 1. The zero-order chi connectivity index (χ0) is 45.5. The van der Waals surface area contributed by atoms with Crippen molar-refractivity contribution in [3.8, 4) is 0 Å². The van der Waals surface area contributed by atoms with Crippen molar-refractivity contribution >= 4 is 80.9 Å². The van der Waals surface area contributed by atoms with Crippen molar-refractivity contribution in [1.82, 2.24) is 35.2 Å². The van der Waals surface area contributed by atoms with Gasteiger partial charge >= 0.3 is 5.97 Å². The molecule has 2 aliphatic carbocycles. The number of hydrogen-bond donors (Lipinski definition) is 5. The molecule has 336 valence electrons. The molecule has 0 bridgehead atoms. The maximum atomic E-state index is 12.8. The molecule has 1 amide bonds. The van der Waals surface area contributed by atoms with Crippen LogP contribution in [-0.4, -0.2) is 46.9 Å². The van der Waals surface area contributed by atoms with Crippen LogP contribution in [0.3, 0.4) is 0 Å². The quantitative estimate of drug-likeness (QED) is 0.0818. The van der Waals surface area contributed by atoms with Gasteiger partial charge in [-0.1, -0.05) is 47.5 Å². The molecule has 16 heteroatoms. The molecule has 6 aromatic heterocycles. The van der Waals surface area contributed by atoms with E-state index in [1.165, 1.54) is 25.1 Å². The van der Waals surface area contributed by atoms with E-state index in [0.717, 1.165) is 74.0 Å². The average molecular weight is 942 g/mol. The third-order valence-corrected chi connectivity index (χ3v) is 11.4.